The van der Waals surface area contributed by atoms with Crippen LogP contribution < -0.4 is 4.90 Å². The third-order valence-electron chi connectivity index (χ3n) is 5.78. The van der Waals surface area contributed by atoms with E-state index in [1.165, 1.54) is 22.2 Å². The van der Waals surface area contributed by atoms with Crippen molar-refractivity contribution in [3.8, 4) is 0 Å². The minimum atomic E-state index is -0.552. The van der Waals surface area contributed by atoms with Crippen molar-refractivity contribution in [1.29, 1.82) is 0 Å². The number of halogens is 1. The topological polar surface area (TPSA) is 62.7 Å². The van der Waals surface area contributed by atoms with Gasteiger partial charge in [0.25, 0.3) is 5.91 Å². The number of piperazine rings is 1. The summed E-state index contributed by atoms with van der Waals surface area (Å²) in [6.07, 6.45) is 1.50. The number of ether oxygens (including phenoxy) is 1. The zero-order chi connectivity index (χ0) is 20.7. The highest BCUT2D eigenvalue weighted by Crippen LogP contribution is 2.31. The second-order valence-corrected chi connectivity index (χ2v) is 8.34. The molecule has 0 N–H and O–H groups in total. The molecule has 0 unspecified atom stereocenters. The highest BCUT2D eigenvalue weighted by Gasteiger charge is 2.47. The summed E-state index contributed by atoms with van der Waals surface area (Å²) < 4.78 is 5.34. The van der Waals surface area contributed by atoms with Gasteiger partial charge in [0, 0.05) is 18.7 Å². The van der Waals surface area contributed by atoms with Crippen LogP contribution in [-0.4, -0.2) is 47.5 Å². The van der Waals surface area contributed by atoms with E-state index in [0.717, 1.165) is 11.1 Å². The Morgan fingerprint density at radius 3 is 2.48 bits per heavy atom. The molecule has 1 atom stereocenters. The fourth-order valence-corrected chi connectivity index (χ4v) is 4.14. The lowest BCUT2D eigenvalue weighted by atomic mass is 9.92. The lowest BCUT2D eigenvalue weighted by molar-refractivity contribution is -0.155. The lowest BCUT2D eigenvalue weighted by Crippen LogP contribution is -2.65. The number of pyridine rings is 1. The monoisotopic (exact) mass is 413 g/mol. The number of aromatic nitrogens is 1. The average molecular weight is 414 g/mol. The van der Waals surface area contributed by atoms with Crippen molar-refractivity contribution >= 4 is 29.2 Å². The molecule has 152 valence electrons. The van der Waals surface area contributed by atoms with Crippen LogP contribution in [0.3, 0.4) is 0 Å². The number of aryl methyl sites for hydroxylation is 3. The smallest absolute Gasteiger partial charge is 0.251 e. The Balaban J connectivity index is 1.66. The third-order valence-corrected chi connectivity index (χ3v) is 5.98. The van der Waals surface area contributed by atoms with Gasteiger partial charge in [0.2, 0.25) is 5.91 Å². The van der Waals surface area contributed by atoms with Crippen LogP contribution >= 0.6 is 11.6 Å². The zero-order valence-corrected chi connectivity index (χ0v) is 17.6. The van der Waals surface area contributed by atoms with Gasteiger partial charge < -0.3 is 9.64 Å². The summed E-state index contributed by atoms with van der Waals surface area (Å²) >= 11 is 6.01. The minimum absolute atomic E-state index is 0.00611. The van der Waals surface area contributed by atoms with Crippen molar-refractivity contribution in [3.05, 3.63) is 57.7 Å². The molecule has 2 amide bonds. The molecule has 2 fully saturated rings. The molecule has 0 radical (unpaired) electrons. The van der Waals surface area contributed by atoms with E-state index in [1.807, 2.05) is 13.0 Å². The first kappa shape index (κ1) is 19.9. The van der Waals surface area contributed by atoms with Crippen LogP contribution in [0, 0.1) is 26.7 Å². The summed E-state index contributed by atoms with van der Waals surface area (Å²) in [5.41, 5.74) is 4.16. The summed E-state index contributed by atoms with van der Waals surface area (Å²) in [7, 11) is 0. The van der Waals surface area contributed by atoms with E-state index in [-0.39, 0.29) is 24.3 Å². The molecule has 1 aromatic heterocycles. The molecule has 3 heterocycles. The molecule has 0 saturated carbocycles. The first-order valence-electron chi connectivity index (χ1n) is 9.72. The van der Waals surface area contributed by atoms with E-state index in [4.69, 9.17) is 16.3 Å². The summed E-state index contributed by atoms with van der Waals surface area (Å²) in [5, 5.41) is 0.502. The highest BCUT2D eigenvalue weighted by atomic mass is 35.5. The number of benzene rings is 1. The van der Waals surface area contributed by atoms with Crippen LogP contribution in [-0.2, 0) is 20.9 Å². The van der Waals surface area contributed by atoms with Gasteiger partial charge in [-0.05, 0) is 49.1 Å². The summed E-state index contributed by atoms with van der Waals surface area (Å²) in [6.45, 7) is 7.30. The van der Waals surface area contributed by atoms with Gasteiger partial charge >= 0.3 is 0 Å². The van der Waals surface area contributed by atoms with Gasteiger partial charge in [0.05, 0.1) is 18.2 Å². The summed E-state index contributed by atoms with van der Waals surface area (Å²) in [6, 6.07) is 7.36. The van der Waals surface area contributed by atoms with E-state index in [9.17, 15) is 9.59 Å². The van der Waals surface area contributed by atoms with Crippen LogP contribution in [0.1, 0.15) is 22.3 Å². The second-order valence-electron chi connectivity index (χ2n) is 7.90. The molecule has 0 bridgehead atoms. The van der Waals surface area contributed by atoms with Gasteiger partial charge in [-0.3, -0.25) is 14.5 Å². The van der Waals surface area contributed by atoms with Crippen molar-refractivity contribution in [2.45, 2.75) is 33.4 Å². The Morgan fingerprint density at radius 1 is 1.10 bits per heavy atom. The summed E-state index contributed by atoms with van der Waals surface area (Å²) in [5.74, 6) is 0.285. The maximum atomic E-state index is 13.5. The van der Waals surface area contributed by atoms with Gasteiger partial charge in [0.15, 0.2) is 0 Å². The molecule has 7 heteroatoms. The first-order chi connectivity index (χ1) is 13.8. The maximum absolute atomic E-state index is 13.5. The Bertz CT molecular complexity index is 974. The normalized spacial score (nSPS) is 20.2. The average Bonchev–Trinajstić information content (AvgIpc) is 2.62. The quantitative estimate of drug-likeness (QED) is 0.772. The van der Waals surface area contributed by atoms with Gasteiger partial charge in [-0.1, -0.05) is 29.8 Å². The summed E-state index contributed by atoms with van der Waals surface area (Å²) in [4.78, 5) is 34.1. The number of rotatable bonds is 4. The third kappa shape index (κ3) is 3.74. The molecule has 0 aliphatic carbocycles. The minimum Gasteiger partial charge on any atom is -0.380 e. The molecule has 6 nitrogen and oxygen atoms in total. The Kier molecular flexibility index (Phi) is 5.32. The molecule has 1 aromatic carbocycles. The molecule has 2 saturated heterocycles. The second kappa shape index (κ2) is 7.76. The van der Waals surface area contributed by atoms with Crippen LogP contribution in [0.2, 0.25) is 5.02 Å². The van der Waals surface area contributed by atoms with Crippen LogP contribution in [0.4, 0.5) is 5.82 Å². The Labute approximate surface area is 175 Å². The van der Waals surface area contributed by atoms with E-state index >= 15 is 0 Å². The maximum Gasteiger partial charge on any atom is 0.251 e. The van der Waals surface area contributed by atoms with Crippen molar-refractivity contribution in [3.63, 3.8) is 0 Å². The highest BCUT2D eigenvalue weighted by molar-refractivity contribution is 6.30. The van der Waals surface area contributed by atoms with Gasteiger partial charge in [-0.15, -0.1) is 0 Å². The molecular formula is C22H24ClN3O3. The predicted molar refractivity (Wildman–Crippen MR) is 111 cm³/mol. The molecule has 2 aromatic rings. The zero-order valence-electron chi connectivity index (χ0n) is 16.8. The first-order valence-corrected chi connectivity index (χ1v) is 10.1. The SMILES string of the molecule is Cc1ccc(CN2C(=O)CN(c3ncc(Cl)cc3C)C(=O)[C@H]2C2COC2)cc1C. The number of amides is 2. The van der Waals surface area contributed by atoms with E-state index in [1.54, 1.807) is 11.0 Å². The van der Waals surface area contributed by atoms with E-state index in [2.05, 4.69) is 31.0 Å². The molecule has 2 aliphatic heterocycles. The molecule has 0 spiro atoms. The molecule has 2 aliphatic rings. The van der Waals surface area contributed by atoms with Crippen molar-refractivity contribution < 1.29 is 14.3 Å². The van der Waals surface area contributed by atoms with Crippen molar-refractivity contribution in [1.82, 2.24) is 9.88 Å². The largest absolute Gasteiger partial charge is 0.380 e. The standard InChI is InChI=1S/C22H24ClN3O3/c1-13-4-5-16(6-14(13)2)9-25-19(27)10-26(21-15(3)7-18(23)8-24-21)22(28)20(25)17-11-29-12-17/h4-8,17,20H,9-12H2,1-3H3/t20-/m1/s1. The van der Waals surface area contributed by atoms with Crippen molar-refractivity contribution in [2.75, 3.05) is 24.7 Å². The molecule has 4 rings (SSSR count). The van der Waals surface area contributed by atoms with Crippen LogP contribution in [0.15, 0.2) is 30.5 Å². The fraction of sp³-hybridized carbons (Fsp3) is 0.409. The lowest BCUT2D eigenvalue weighted by Gasteiger charge is -2.45. The van der Waals surface area contributed by atoms with E-state index in [0.29, 0.717) is 30.6 Å². The number of hydrogen-bond donors (Lipinski definition) is 0. The van der Waals surface area contributed by atoms with Crippen LogP contribution in [0.25, 0.3) is 0 Å². The van der Waals surface area contributed by atoms with Crippen molar-refractivity contribution in [2.24, 2.45) is 5.92 Å². The van der Waals surface area contributed by atoms with Gasteiger partial charge in [0.1, 0.15) is 18.4 Å². The molecule has 29 heavy (non-hydrogen) atoms. The fourth-order valence-electron chi connectivity index (χ4n) is 3.92. The number of carbonyl (C=O) groups is 2. The number of nitrogens with zero attached hydrogens (tertiary/aromatic N) is 3. The number of anilines is 1. The molecular weight excluding hydrogens is 390 g/mol. The Hall–Kier alpha value is -2.44. The number of hydrogen-bond acceptors (Lipinski definition) is 4. The number of carbonyl (C=O) groups excluding carboxylic acids is 2. The van der Waals surface area contributed by atoms with Gasteiger partial charge in [-0.25, -0.2) is 4.98 Å². The van der Waals surface area contributed by atoms with Gasteiger partial charge in [-0.2, -0.15) is 0 Å². The van der Waals surface area contributed by atoms with Crippen LogP contribution in [0.5, 0.6) is 0 Å². The predicted octanol–water partition coefficient (Wildman–Crippen LogP) is 3.05. The van der Waals surface area contributed by atoms with E-state index < -0.39 is 6.04 Å². The Morgan fingerprint density at radius 2 is 1.86 bits per heavy atom.